The molecule has 9 heteroatoms. The van der Waals surface area contributed by atoms with E-state index >= 15 is 0 Å². The molecule has 0 radical (unpaired) electrons. The normalized spacial score (nSPS) is 13.5. The molecule has 1 N–H and O–H groups in total. The number of rotatable bonds is 0. The fourth-order valence-electron chi connectivity index (χ4n) is 1.94. The average molecular weight is 407 g/mol. The molecule has 3 aromatic rings. The first-order valence-corrected chi connectivity index (χ1v) is 8.12. The summed E-state index contributed by atoms with van der Waals surface area (Å²) in [5.41, 5.74) is 0.989. The van der Waals surface area contributed by atoms with E-state index in [0.717, 1.165) is 0 Å². The van der Waals surface area contributed by atoms with E-state index in [0.29, 0.717) is 28.8 Å². The van der Waals surface area contributed by atoms with Crippen molar-refractivity contribution in [2.24, 2.45) is 0 Å². The van der Waals surface area contributed by atoms with Crippen LogP contribution < -0.4 is 30.3 Å². The number of amides is 1. The topological polar surface area (TPSA) is 94.8 Å². The number of nitrogens with one attached hydrogen (secondary N) is 1. The van der Waals surface area contributed by atoms with Crippen LogP contribution in [0, 0.1) is 0 Å². The number of halogens is 1. The van der Waals surface area contributed by atoms with Gasteiger partial charge in [-0.25, -0.2) is 0 Å². The van der Waals surface area contributed by atoms with Crippen molar-refractivity contribution in [1.82, 2.24) is 22.9 Å². The first-order chi connectivity index (χ1) is 10.8. The van der Waals surface area contributed by atoms with E-state index < -0.39 is 21.9 Å². The third kappa shape index (κ3) is 2.28. The van der Waals surface area contributed by atoms with Crippen molar-refractivity contribution in [3.05, 3.63) is 48.4 Å². The molecule has 0 spiro atoms. The number of carbonyl (C=O) groups excluding carboxylic acids is 1. The number of pyridine rings is 2. The Bertz CT molecular complexity index is 865. The zero-order valence-electron chi connectivity index (χ0n) is 11.0. The van der Waals surface area contributed by atoms with Gasteiger partial charge in [-0.1, -0.05) is 0 Å². The molecule has 1 aliphatic rings. The summed E-state index contributed by atoms with van der Waals surface area (Å²) < 4.78 is 7.55. The quantitative estimate of drug-likeness (QED) is 0.440. The van der Waals surface area contributed by atoms with Crippen LogP contribution >= 0.6 is 0 Å². The van der Waals surface area contributed by atoms with Crippen LogP contribution in [-0.2, 0) is 0 Å². The summed E-state index contributed by atoms with van der Waals surface area (Å²) in [5, 5.41) is 10.7. The van der Waals surface area contributed by atoms with Crippen molar-refractivity contribution >= 4 is 11.7 Å². The van der Waals surface area contributed by atoms with Gasteiger partial charge in [0.1, 0.15) is 0 Å². The summed E-state index contributed by atoms with van der Waals surface area (Å²) in [7, 11) is 0. The van der Waals surface area contributed by atoms with E-state index in [-0.39, 0.29) is 5.91 Å². The van der Waals surface area contributed by atoms with Crippen LogP contribution in [0.25, 0.3) is 11.5 Å². The predicted molar refractivity (Wildman–Crippen MR) is 71.5 cm³/mol. The van der Waals surface area contributed by atoms with Crippen molar-refractivity contribution < 1.29 is 29.8 Å². The van der Waals surface area contributed by atoms with Gasteiger partial charge < -0.3 is 0 Å². The first kappa shape index (κ1) is 13.1. The zero-order valence-corrected chi connectivity index (χ0v) is 13.1. The molecule has 22 heavy (non-hydrogen) atoms. The summed E-state index contributed by atoms with van der Waals surface area (Å²) in [6.45, 7) is 0. The molecule has 110 valence electrons. The summed E-state index contributed by atoms with van der Waals surface area (Å²) in [5.74, 6) is 1.02. The van der Waals surface area contributed by atoms with E-state index in [2.05, 4.69) is 25.5 Å². The molecule has 0 unspecified atom stereocenters. The monoisotopic (exact) mass is 407 g/mol. The molecule has 0 aliphatic carbocycles. The van der Waals surface area contributed by atoms with Crippen LogP contribution in [0.4, 0.5) is 5.82 Å². The van der Waals surface area contributed by atoms with Gasteiger partial charge in [0, 0.05) is 0 Å². The Morgan fingerprint density at radius 2 is 2.18 bits per heavy atom. The van der Waals surface area contributed by atoms with E-state index in [1.54, 1.807) is 39.6 Å². The minimum absolute atomic E-state index is 0.294. The van der Waals surface area contributed by atoms with E-state index in [9.17, 15) is 4.79 Å². The van der Waals surface area contributed by atoms with Gasteiger partial charge in [-0.3, -0.25) is 0 Å². The third-order valence-electron chi connectivity index (χ3n) is 2.93. The first-order valence-electron chi connectivity index (χ1n) is 6.27. The molecule has 0 atom stereocenters. The number of carbonyl (C=O) groups is 1. The van der Waals surface area contributed by atoms with Crippen molar-refractivity contribution in [2.45, 2.75) is 0 Å². The molecule has 0 saturated heterocycles. The van der Waals surface area contributed by atoms with Gasteiger partial charge >= 0.3 is 136 Å². The third-order valence-corrected chi connectivity index (χ3v) is 4.67. The Morgan fingerprint density at radius 3 is 3.14 bits per heavy atom. The van der Waals surface area contributed by atoms with Gasteiger partial charge in [0.05, 0.1) is 0 Å². The fourth-order valence-corrected chi connectivity index (χ4v) is 3.43. The molecule has 4 rings (SSSR count). The van der Waals surface area contributed by atoms with E-state index in [4.69, 9.17) is 3.07 Å². The second kappa shape index (κ2) is 5.33. The number of fused-ring (bicyclic) bond motifs is 5. The Labute approximate surface area is 135 Å². The van der Waals surface area contributed by atoms with Crippen molar-refractivity contribution in [3.63, 3.8) is 0 Å². The van der Waals surface area contributed by atoms with Crippen LogP contribution in [0.15, 0.2) is 42.9 Å². The maximum absolute atomic E-state index is 12.4. The zero-order chi connectivity index (χ0) is 14.9. The van der Waals surface area contributed by atoms with E-state index in [1.807, 2.05) is 6.07 Å². The molecule has 0 saturated carbocycles. The van der Waals surface area contributed by atoms with Gasteiger partial charge in [0.2, 0.25) is 0 Å². The summed E-state index contributed by atoms with van der Waals surface area (Å²) in [6.07, 6.45) is 3.17. The van der Waals surface area contributed by atoms with Crippen LogP contribution in [0.2, 0.25) is 0 Å². The van der Waals surface area contributed by atoms with Crippen molar-refractivity contribution in [1.29, 1.82) is 0 Å². The summed E-state index contributed by atoms with van der Waals surface area (Å²) >= 11 is -0.972. The number of anilines is 1. The van der Waals surface area contributed by atoms with Crippen LogP contribution in [0.5, 0.6) is 5.88 Å². The van der Waals surface area contributed by atoms with Gasteiger partial charge in [-0.15, -0.1) is 0 Å². The Kier molecular flexibility index (Phi) is 3.18. The Morgan fingerprint density at radius 1 is 1.23 bits per heavy atom. The molecule has 8 nitrogen and oxygen atoms in total. The Hall–Kier alpha value is -2.56. The summed E-state index contributed by atoms with van der Waals surface area (Å²) in [6, 6.07) is 8.68. The predicted octanol–water partition coefficient (Wildman–Crippen LogP) is -1.85. The molecule has 4 heterocycles. The minimum atomic E-state index is -0.972. The molecule has 0 fully saturated rings. The van der Waals surface area contributed by atoms with Crippen LogP contribution in [0.1, 0.15) is 10.4 Å². The van der Waals surface area contributed by atoms with Crippen LogP contribution in [-0.4, -0.2) is 28.9 Å². The van der Waals surface area contributed by atoms with Gasteiger partial charge in [-0.2, -0.15) is 0 Å². The SMILES string of the molecule is O=C1Nc2cccc(n2)-c2nncn2[I-]Oc2ncccc21. The molecule has 1 amide bonds. The van der Waals surface area contributed by atoms with Gasteiger partial charge in [0.15, 0.2) is 0 Å². The van der Waals surface area contributed by atoms with Crippen molar-refractivity contribution in [2.75, 3.05) is 5.32 Å². The van der Waals surface area contributed by atoms with E-state index in [1.165, 1.54) is 0 Å². The van der Waals surface area contributed by atoms with Gasteiger partial charge in [-0.05, 0) is 0 Å². The number of nitrogens with zero attached hydrogens (tertiary/aromatic N) is 5. The summed E-state index contributed by atoms with van der Waals surface area (Å²) in [4.78, 5) is 20.9. The Balaban J connectivity index is 1.88. The molecule has 0 aromatic carbocycles. The molecular weight excluding hydrogens is 399 g/mol. The second-order valence-corrected chi connectivity index (χ2v) is 6.20. The van der Waals surface area contributed by atoms with Gasteiger partial charge in [0.25, 0.3) is 0 Å². The molecule has 3 aromatic heterocycles. The standard InChI is InChI=1S/C13H8IN6O2/c21-12-8-3-2-6-15-13(8)22-14-20-7-16-19-11(20)9-4-1-5-10(17-9)18-12/h1-7H,(H,17,18,21)/q-1. The average Bonchev–Trinajstić information content (AvgIpc) is 3.01. The number of aromatic nitrogens is 5. The van der Waals surface area contributed by atoms with Crippen molar-refractivity contribution in [3.8, 4) is 17.4 Å². The molecule has 1 aliphatic heterocycles. The molecule has 2 bridgehead atoms. The number of hydrogen-bond acceptors (Lipinski definition) is 6. The van der Waals surface area contributed by atoms with Crippen LogP contribution in [0.3, 0.4) is 0 Å². The molecular formula is C13H8IN6O2-. The number of hydrogen-bond donors (Lipinski definition) is 1. The second-order valence-electron chi connectivity index (χ2n) is 4.33. The fraction of sp³-hybridized carbons (Fsp3) is 0. The maximum atomic E-state index is 12.4.